The molecule has 4 heteroatoms. The lowest BCUT2D eigenvalue weighted by molar-refractivity contribution is -0.151. The van der Waals surface area contributed by atoms with Crippen molar-refractivity contribution >= 4 is 17.5 Å². The van der Waals surface area contributed by atoms with E-state index in [0.29, 0.717) is 13.0 Å². The molecule has 2 aliphatic rings. The van der Waals surface area contributed by atoms with E-state index in [1.54, 1.807) is 11.8 Å². The van der Waals surface area contributed by atoms with Gasteiger partial charge in [-0.1, -0.05) is 17.7 Å². The minimum Gasteiger partial charge on any atom is -0.343 e. The molecule has 90 valence electrons. The van der Waals surface area contributed by atoms with E-state index >= 15 is 0 Å². The summed E-state index contributed by atoms with van der Waals surface area (Å²) in [5.41, 5.74) is 1.24. The first-order chi connectivity index (χ1) is 8.22. The Bertz CT molecular complexity index is 429. The third-order valence-corrected chi connectivity index (χ3v) is 4.42. The van der Waals surface area contributed by atoms with Gasteiger partial charge < -0.3 is 9.47 Å². The van der Waals surface area contributed by atoms with Gasteiger partial charge in [0.1, 0.15) is 0 Å². The van der Waals surface area contributed by atoms with Crippen molar-refractivity contribution in [2.45, 2.75) is 35.9 Å². The summed E-state index contributed by atoms with van der Waals surface area (Å²) in [6.45, 7) is 2.61. The first kappa shape index (κ1) is 11.3. The highest BCUT2D eigenvalue weighted by atomic mass is 32.2. The van der Waals surface area contributed by atoms with Crippen LogP contribution >= 0.6 is 11.8 Å². The second-order valence-electron chi connectivity index (χ2n) is 4.48. The van der Waals surface area contributed by atoms with Gasteiger partial charge in [0.2, 0.25) is 6.29 Å². The fourth-order valence-corrected chi connectivity index (χ4v) is 3.30. The van der Waals surface area contributed by atoms with Crippen molar-refractivity contribution in [2.24, 2.45) is 0 Å². The Morgan fingerprint density at radius 2 is 2.06 bits per heavy atom. The lowest BCUT2D eigenvalue weighted by Gasteiger charge is -2.25. The smallest absolute Gasteiger partial charge is 0.218 e. The SMILES string of the molecule is Cc1ccc(SC2CC(=O)C3OCC2O3)cc1. The summed E-state index contributed by atoms with van der Waals surface area (Å²) in [6, 6.07) is 8.35. The summed E-state index contributed by atoms with van der Waals surface area (Å²) in [5, 5.41) is 0.184. The van der Waals surface area contributed by atoms with E-state index in [9.17, 15) is 4.79 Å². The Morgan fingerprint density at radius 3 is 2.82 bits per heavy atom. The van der Waals surface area contributed by atoms with Gasteiger partial charge >= 0.3 is 0 Å². The summed E-state index contributed by atoms with van der Waals surface area (Å²) in [6.07, 6.45) is 0.0207. The molecule has 3 unspecified atom stereocenters. The van der Waals surface area contributed by atoms with Crippen LogP contribution in [-0.4, -0.2) is 30.0 Å². The summed E-state index contributed by atoms with van der Waals surface area (Å²) in [5.74, 6) is 0.0726. The molecule has 1 aromatic carbocycles. The van der Waals surface area contributed by atoms with Crippen molar-refractivity contribution in [3.8, 4) is 0 Å². The molecule has 0 saturated carbocycles. The zero-order valence-corrected chi connectivity index (χ0v) is 10.4. The molecule has 17 heavy (non-hydrogen) atoms. The molecule has 0 radical (unpaired) electrons. The van der Waals surface area contributed by atoms with Crippen LogP contribution in [0, 0.1) is 6.92 Å². The highest BCUT2D eigenvalue weighted by molar-refractivity contribution is 8.00. The number of hydrogen-bond acceptors (Lipinski definition) is 4. The van der Waals surface area contributed by atoms with Gasteiger partial charge in [-0.05, 0) is 19.1 Å². The predicted octanol–water partition coefficient (Wildman–Crippen LogP) is 2.17. The molecular weight excluding hydrogens is 236 g/mol. The van der Waals surface area contributed by atoms with Crippen molar-refractivity contribution in [1.29, 1.82) is 0 Å². The van der Waals surface area contributed by atoms with Gasteiger partial charge in [-0.15, -0.1) is 11.8 Å². The van der Waals surface area contributed by atoms with Gasteiger partial charge in [0.25, 0.3) is 0 Å². The van der Waals surface area contributed by atoms with E-state index in [1.807, 2.05) is 0 Å². The molecule has 2 aliphatic heterocycles. The van der Waals surface area contributed by atoms with Gasteiger partial charge in [-0.25, -0.2) is 0 Å². The van der Waals surface area contributed by atoms with E-state index in [-0.39, 0.29) is 17.1 Å². The van der Waals surface area contributed by atoms with E-state index in [1.165, 1.54) is 10.5 Å². The van der Waals surface area contributed by atoms with E-state index in [2.05, 4.69) is 31.2 Å². The number of benzene rings is 1. The van der Waals surface area contributed by atoms with Gasteiger partial charge in [0.15, 0.2) is 5.78 Å². The average Bonchev–Trinajstić information content (AvgIpc) is 2.75. The normalized spacial score (nSPS) is 31.8. The Labute approximate surface area is 104 Å². The number of thioether (sulfide) groups is 1. The lowest BCUT2D eigenvalue weighted by atomic mass is 10.1. The Morgan fingerprint density at radius 1 is 1.29 bits per heavy atom. The molecule has 1 aromatic rings. The monoisotopic (exact) mass is 250 g/mol. The minimum atomic E-state index is -0.588. The largest absolute Gasteiger partial charge is 0.343 e. The molecule has 0 spiro atoms. The summed E-state index contributed by atoms with van der Waals surface area (Å²) >= 11 is 1.71. The average molecular weight is 250 g/mol. The van der Waals surface area contributed by atoms with E-state index < -0.39 is 6.29 Å². The molecule has 2 saturated heterocycles. The molecule has 2 heterocycles. The maximum Gasteiger partial charge on any atom is 0.218 e. The number of rotatable bonds is 2. The molecule has 0 aliphatic carbocycles. The second kappa shape index (κ2) is 4.44. The number of aryl methyl sites for hydroxylation is 1. The van der Waals surface area contributed by atoms with E-state index in [0.717, 1.165) is 0 Å². The molecule has 0 amide bonds. The number of ether oxygens (including phenoxy) is 2. The Hall–Kier alpha value is -0.840. The van der Waals surface area contributed by atoms with E-state index in [4.69, 9.17) is 9.47 Å². The number of fused-ring (bicyclic) bond motifs is 2. The van der Waals surface area contributed by atoms with Gasteiger partial charge in [0.05, 0.1) is 12.7 Å². The topological polar surface area (TPSA) is 35.5 Å². The summed E-state index contributed by atoms with van der Waals surface area (Å²) in [7, 11) is 0. The molecule has 0 aromatic heterocycles. The van der Waals surface area contributed by atoms with Crippen molar-refractivity contribution in [3.63, 3.8) is 0 Å². The third kappa shape index (κ3) is 2.25. The molecular formula is C13H14O3S. The first-order valence-corrected chi connectivity index (χ1v) is 6.63. The van der Waals surface area contributed by atoms with Crippen LogP contribution < -0.4 is 0 Å². The quantitative estimate of drug-likeness (QED) is 0.806. The lowest BCUT2D eigenvalue weighted by Crippen LogP contribution is -2.37. The highest BCUT2D eigenvalue weighted by Crippen LogP contribution is 2.36. The van der Waals surface area contributed by atoms with Crippen LogP contribution in [0.15, 0.2) is 29.2 Å². The molecule has 3 rings (SSSR count). The maximum absolute atomic E-state index is 11.6. The van der Waals surface area contributed by atoms with Crippen LogP contribution in [0.25, 0.3) is 0 Å². The minimum absolute atomic E-state index is 0.0593. The van der Waals surface area contributed by atoms with Crippen molar-refractivity contribution in [3.05, 3.63) is 29.8 Å². The zero-order valence-electron chi connectivity index (χ0n) is 9.59. The van der Waals surface area contributed by atoms with Crippen LogP contribution in [0.3, 0.4) is 0 Å². The number of Topliss-reactive ketones (excluding diaryl/α,β-unsaturated/α-hetero) is 1. The van der Waals surface area contributed by atoms with Crippen molar-refractivity contribution < 1.29 is 14.3 Å². The Kier molecular flexibility index (Phi) is 2.94. The Balaban J connectivity index is 1.72. The van der Waals surface area contributed by atoms with Crippen LogP contribution in [-0.2, 0) is 14.3 Å². The maximum atomic E-state index is 11.6. The highest BCUT2D eigenvalue weighted by Gasteiger charge is 2.43. The van der Waals surface area contributed by atoms with Crippen molar-refractivity contribution in [2.75, 3.05) is 6.61 Å². The van der Waals surface area contributed by atoms with Crippen LogP contribution in [0.2, 0.25) is 0 Å². The number of hydrogen-bond donors (Lipinski definition) is 0. The fourth-order valence-electron chi connectivity index (χ4n) is 2.12. The first-order valence-electron chi connectivity index (χ1n) is 5.75. The molecule has 3 nitrogen and oxygen atoms in total. The standard InChI is InChI=1S/C13H14O3S/c1-8-2-4-9(5-3-8)17-12-6-10(14)13-15-7-11(12)16-13/h2-5,11-13H,6-7H2,1H3. The van der Waals surface area contributed by atoms with Gasteiger partial charge in [-0.3, -0.25) is 4.79 Å². The molecule has 3 atom stereocenters. The molecule has 2 fully saturated rings. The number of carbonyl (C=O) groups is 1. The summed E-state index contributed by atoms with van der Waals surface area (Å²) < 4.78 is 10.8. The van der Waals surface area contributed by atoms with Gasteiger partial charge in [0, 0.05) is 16.6 Å². The van der Waals surface area contributed by atoms with Crippen LogP contribution in [0.4, 0.5) is 0 Å². The van der Waals surface area contributed by atoms with Crippen molar-refractivity contribution in [1.82, 2.24) is 0 Å². The second-order valence-corrected chi connectivity index (χ2v) is 5.79. The van der Waals surface area contributed by atoms with Crippen LogP contribution in [0.5, 0.6) is 0 Å². The third-order valence-electron chi connectivity index (χ3n) is 3.10. The fraction of sp³-hybridized carbons (Fsp3) is 0.462. The molecule has 0 N–H and O–H groups in total. The predicted molar refractivity (Wildman–Crippen MR) is 65.1 cm³/mol. The summed E-state index contributed by atoms with van der Waals surface area (Å²) in [4.78, 5) is 12.8. The molecule has 2 bridgehead atoms. The number of ketones is 1. The zero-order chi connectivity index (χ0) is 11.8. The number of carbonyl (C=O) groups excluding carboxylic acids is 1. The van der Waals surface area contributed by atoms with Gasteiger partial charge in [-0.2, -0.15) is 0 Å². The van der Waals surface area contributed by atoms with Crippen LogP contribution in [0.1, 0.15) is 12.0 Å².